The lowest BCUT2D eigenvalue weighted by atomic mass is 10.1. The number of non-ortho nitro benzene ring substituents is 1. The quantitative estimate of drug-likeness (QED) is 0.105. The zero-order valence-corrected chi connectivity index (χ0v) is 24.3. The van der Waals surface area contributed by atoms with Crippen LogP contribution < -0.4 is 10.0 Å². The van der Waals surface area contributed by atoms with E-state index in [4.69, 9.17) is 16.1 Å². The number of imidazole rings is 1. The number of benzene rings is 3. The van der Waals surface area contributed by atoms with E-state index >= 15 is 0 Å². The van der Waals surface area contributed by atoms with E-state index in [2.05, 4.69) is 4.90 Å². The van der Waals surface area contributed by atoms with Crippen LogP contribution in [0, 0.1) is 15.5 Å². The van der Waals surface area contributed by atoms with Crippen molar-refractivity contribution in [2.75, 3.05) is 30.5 Å². The van der Waals surface area contributed by atoms with E-state index in [1.807, 2.05) is 55.8 Å². The van der Waals surface area contributed by atoms with E-state index in [-0.39, 0.29) is 23.0 Å². The molecule has 0 saturated heterocycles. The van der Waals surface area contributed by atoms with Crippen molar-refractivity contribution in [1.82, 2.24) is 14.5 Å². The van der Waals surface area contributed by atoms with E-state index < -0.39 is 14.9 Å². The smallest absolute Gasteiger partial charge is 0.270 e. The Kier molecular flexibility index (Phi) is 9.04. The molecule has 12 heteroatoms. The second-order valence-electron chi connectivity index (χ2n) is 9.73. The van der Waals surface area contributed by atoms with Crippen LogP contribution in [-0.2, 0) is 29.9 Å². The predicted molar refractivity (Wildman–Crippen MR) is 161 cm³/mol. The molecule has 0 aliphatic carbocycles. The molecule has 0 saturated carbocycles. The van der Waals surface area contributed by atoms with Crippen LogP contribution in [0.4, 0.5) is 11.4 Å². The summed E-state index contributed by atoms with van der Waals surface area (Å²) < 4.78 is 31.0. The first-order chi connectivity index (χ1) is 19.5. The number of nitrogens with one attached hydrogen (secondary N) is 1. The maximum Gasteiger partial charge on any atom is 0.270 e. The van der Waals surface area contributed by atoms with Crippen molar-refractivity contribution in [1.29, 1.82) is 5.41 Å². The third-order valence-corrected chi connectivity index (χ3v) is 9.10. The molecule has 3 N–H and O–H groups in total. The normalized spacial score (nSPS) is 11.7. The largest absolute Gasteiger partial charge is 0.384 e. The molecular weight excluding hydrogens is 542 g/mol. The SMILES string of the molecule is CCN(CC)CCN(c1ccc2c(c1)nc(CCc1ccc(C(=N)N)cc1)n2C)S(=O)(=O)c1cccc([N+](=O)[O-])c1. The van der Waals surface area contributed by atoms with Gasteiger partial charge in [-0.1, -0.05) is 44.2 Å². The van der Waals surface area contributed by atoms with Gasteiger partial charge in [-0.15, -0.1) is 0 Å². The highest BCUT2D eigenvalue weighted by atomic mass is 32.2. The van der Waals surface area contributed by atoms with Gasteiger partial charge in [0, 0.05) is 44.3 Å². The highest BCUT2D eigenvalue weighted by Crippen LogP contribution is 2.29. The molecular formula is C29H35N7O4S. The number of hydrogen-bond acceptors (Lipinski definition) is 7. The van der Waals surface area contributed by atoms with Gasteiger partial charge in [0.2, 0.25) is 0 Å². The summed E-state index contributed by atoms with van der Waals surface area (Å²) in [5.41, 5.74) is 9.01. The highest BCUT2D eigenvalue weighted by molar-refractivity contribution is 7.92. The number of nitro groups is 1. The van der Waals surface area contributed by atoms with Gasteiger partial charge in [-0.2, -0.15) is 0 Å². The van der Waals surface area contributed by atoms with Gasteiger partial charge in [-0.25, -0.2) is 13.4 Å². The molecule has 0 unspecified atom stereocenters. The van der Waals surface area contributed by atoms with Gasteiger partial charge in [0.15, 0.2) is 0 Å². The van der Waals surface area contributed by atoms with Crippen LogP contribution in [0.5, 0.6) is 0 Å². The molecule has 1 aromatic heterocycles. The summed E-state index contributed by atoms with van der Waals surface area (Å²) in [6.07, 6.45) is 1.40. The fraction of sp³-hybridized carbons (Fsp3) is 0.310. The predicted octanol–water partition coefficient (Wildman–Crippen LogP) is 4.09. The molecule has 3 aromatic carbocycles. The zero-order chi connectivity index (χ0) is 29.7. The Labute approximate surface area is 239 Å². The Bertz CT molecular complexity index is 1660. The van der Waals surface area contributed by atoms with Crippen LogP contribution in [0.1, 0.15) is 30.8 Å². The lowest BCUT2D eigenvalue weighted by Gasteiger charge is -2.27. The van der Waals surface area contributed by atoms with E-state index in [9.17, 15) is 18.5 Å². The molecule has 4 rings (SSSR count). The Hall–Kier alpha value is -4.29. The Balaban J connectivity index is 1.67. The van der Waals surface area contributed by atoms with Crippen molar-refractivity contribution in [2.45, 2.75) is 31.6 Å². The van der Waals surface area contributed by atoms with Gasteiger partial charge in [-0.05, 0) is 49.3 Å². The number of anilines is 1. The van der Waals surface area contributed by atoms with E-state index in [0.717, 1.165) is 42.5 Å². The molecule has 216 valence electrons. The van der Waals surface area contributed by atoms with Crippen molar-refractivity contribution in [3.8, 4) is 0 Å². The van der Waals surface area contributed by atoms with Crippen LogP contribution in [0.3, 0.4) is 0 Å². The third kappa shape index (κ3) is 6.55. The van der Waals surface area contributed by atoms with Crippen molar-refractivity contribution in [2.24, 2.45) is 12.8 Å². The molecule has 41 heavy (non-hydrogen) atoms. The summed E-state index contributed by atoms with van der Waals surface area (Å²) in [6.45, 7) is 6.23. The van der Waals surface area contributed by atoms with E-state index in [1.165, 1.54) is 22.5 Å². The first kappa shape index (κ1) is 29.7. The summed E-state index contributed by atoms with van der Waals surface area (Å²) in [7, 11) is -2.17. The van der Waals surface area contributed by atoms with Gasteiger partial charge >= 0.3 is 0 Å². The molecule has 0 atom stereocenters. The maximum absolute atomic E-state index is 13.9. The van der Waals surface area contributed by atoms with Crippen molar-refractivity contribution in [3.05, 3.63) is 93.8 Å². The molecule has 0 radical (unpaired) electrons. The second kappa shape index (κ2) is 12.5. The second-order valence-corrected chi connectivity index (χ2v) is 11.6. The van der Waals surface area contributed by atoms with Gasteiger partial charge in [-0.3, -0.25) is 19.8 Å². The summed E-state index contributed by atoms with van der Waals surface area (Å²) in [5, 5.41) is 18.9. The van der Waals surface area contributed by atoms with E-state index in [1.54, 1.807) is 12.1 Å². The van der Waals surface area contributed by atoms with Crippen molar-refractivity contribution >= 4 is 38.3 Å². The first-order valence-electron chi connectivity index (χ1n) is 13.4. The lowest BCUT2D eigenvalue weighted by Crippen LogP contribution is -2.38. The topological polar surface area (TPSA) is 151 Å². The van der Waals surface area contributed by atoms with Gasteiger partial charge in [0.25, 0.3) is 15.7 Å². The highest BCUT2D eigenvalue weighted by Gasteiger charge is 2.27. The van der Waals surface area contributed by atoms with Crippen LogP contribution in [0.15, 0.2) is 71.6 Å². The lowest BCUT2D eigenvalue weighted by molar-refractivity contribution is -0.385. The number of nitrogens with two attached hydrogens (primary N) is 1. The van der Waals surface area contributed by atoms with Gasteiger partial charge < -0.3 is 15.2 Å². The summed E-state index contributed by atoms with van der Waals surface area (Å²) in [4.78, 5) is 17.6. The minimum Gasteiger partial charge on any atom is -0.384 e. The monoisotopic (exact) mass is 577 g/mol. The molecule has 0 aliphatic heterocycles. The number of likely N-dealkylation sites (N-methyl/N-ethyl adjacent to an activating group) is 1. The molecule has 0 amide bonds. The summed E-state index contributed by atoms with van der Waals surface area (Å²) in [5.74, 6) is 0.880. The van der Waals surface area contributed by atoms with Crippen molar-refractivity contribution in [3.63, 3.8) is 0 Å². The summed E-state index contributed by atoms with van der Waals surface area (Å²) in [6, 6.07) is 18.1. The molecule has 4 aromatic rings. The maximum atomic E-state index is 13.9. The minimum atomic E-state index is -4.11. The molecule has 0 spiro atoms. The number of amidine groups is 1. The number of nitrogens with zero attached hydrogens (tertiary/aromatic N) is 5. The van der Waals surface area contributed by atoms with Crippen LogP contribution in [0.2, 0.25) is 0 Å². The number of rotatable bonds is 13. The molecule has 0 fully saturated rings. The molecule has 0 aliphatic rings. The van der Waals surface area contributed by atoms with E-state index in [0.29, 0.717) is 29.7 Å². The Morgan fingerprint density at radius 1 is 1.02 bits per heavy atom. The molecule has 11 nitrogen and oxygen atoms in total. The number of hydrogen-bond donors (Lipinski definition) is 2. The zero-order valence-electron chi connectivity index (χ0n) is 23.4. The molecule has 0 bridgehead atoms. The average molecular weight is 578 g/mol. The molecule has 1 heterocycles. The van der Waals surface area contributed by atoms with Crippen LogP contribution >= 0.6 is 0 Å². The number of aromatic nitrogens is 2. The van der Waals surface area contributed by atoms with Crippen LogP contribution in [-0.4, -0.2) is 59.8 Å². The summed E-state index contributed by atoms with van der Waals surface area (Å²) >= 11 is 0. The minimum absolute atomic E-state index is 0.0290. The fourth-order valence-electron chi connectivity index (χ4n) is 4.77. The van der Waals surface area contributed by atoms with Crippen LogP contribution in [0.25, 0.3) is 11.0 Å². The average Bonchev–Trinajstić information content (AvgIpc) is 3.28. The number of nitro benzene ring substituents is 1. The first-order valence-corrected chi connectivity index (χ1v) is 14.9. The number of aryl methyl sites for hydroxylation is 3. The van der Waals surface area contributed by atoms with Gasteiger partial charge in [0.1, 0.15) is 11.7 Å². The fourth-order valence-corrected chi connectivity index (χ4v) is 6.26. The Morgan fingerprint density at radius 3 is 2.37 bits per heavy atom. The third-order valence-electron chi connectivity index (χ3n) is 7.28. The van der Waals surface area contributed by atoms with Crippen molar-refractivity contribution < 1.29 is 13.3 Å². The standard InChI is InChI=1S/C29H35N7O4S/c1-4-34(5-2)17-18-35(41(39,40)25-8-6-7-24(19-25)36(37)38)23-14-15-27-26(20-23)32-28(33(27)3)16-11-21-9-12-22(13-10-21)29(30)31/h6-10,12-15,19-20H,4-5,11,16-18H2,1-3H3,(H3,30,31). The number of sulfonamides is 1. The van der Waals surface area contributed by atoms with Gasteiger partial charge in [0.05, 0.1) is 26.5 Å². The number of fused-ring (bicyclic) bond motifs is 1. The Morgan fingerprint density at radius 2 is 1.73 bits per heavy atom. The number of nitrogen functional groups attached to an aromatic ring is 1.